The smallest absolute Gasteiger partial charge is 0.411 e. The summed E-state index contributed by atoms with van der Waals surface area (Å²) in [6.45, 7) is -0.103. The summed E-state index contributed by atoms with van der Waals surface area (Å²) >= 11 is 0. The molecule has 0 saturated carbocycles. The number of carbonyl (C=O) groups excluding carboxylic acids is 1. The SMILES string of the molecule is CS(=O)(=O)c1ccc(OCCO)c(NC(=O)OCC2c3ccccc3-c3ccccc32)c1. The minimum Gasteiger partial charge on any atom is -0.489 e. The van der Waals surface area contributed by atoms with Gasteiger partial charge in [-0.15, -0.1) is 0 Å². The Hall–Kier alpha value is -3.36. The molecule has 2 N–H and O–H groups in total. The first-order chi connectivity index (χ1) is 15.4. The van der Waals surface area contributed by atoms with Gasteiger partial charge in [0.15, 0.2) is 9.84 Å². The second-order valence-corrected chi connectivity index (χ2v) is 9.47. The number of sulfone groups is 1. The molecule has 0 fully saturated rings. The molecule has 0 heterocycles. The van der Waals surface area contributed by atoms with Crippen LogP contribution >= 0.6 is 0 Å². The zero-order valence-electron chi connectivity index (χ0n) is 17.4. The summed E-state index contributed by atoms with van der Waals surface area (Å²) in [6, 6.07) is 20.2. The number of aliphatic hydroxyl groups excluding tert-OH is 1. The fraction of sp³-hybridized carbons (Fsp3) is 0.208. The van der Waals surface area contributed by atoms with Crippen LogP contribution in [0.25, 0.3) is 11.1 Å². The van der Waals surface area contributed by atoms with E-state index in [-0.39, 0.29) is 42.1 Å². The largest absolute Gasteiger partial charge is 0.489 e. The fourth-order valence-corrected chi connectivity index (χ4v) is 4.51. The lowest BCUT2D eigenvalue weighted by molar-refractivity contribution is 0.158. The number of ether oxygens (including phenoxy) is 2. The molecule has 8 heteroatoms. The van der Waals surface area contributed by atoms with E-state index in [1.54, 1.807) is 0 Å². The van der Waals surface area contributed by atoms with E-state index in [0.717, 1.165) is 28.5 Å². The molecule has 0 bridgehead atoms. The van der Waals surface area contributed by atoms with Crippen molar-refractivity contribution in [3.05, 3.63) is 77.9 Å². The summed E-state index contributed by atoms with van der Waals surface area (Å²) in [5.74, 6) is 0.139. The molecule has 166 valence electrons. The lowest BCUT2D eigenvalue weighted by Gasteiger charge is -2.16. The normalized spacial score (nSPS) is 12.7. The van der Waals surface area contributed by atoms with Crippen LogP contribution < -0.4 is 10.1 Å². The number of aliphatic hydroxyl groups is 1. The van der Waals surface area contributed by atoms with E-state index >= 15 is 0 Å². The van der Waals surface area contributed by atoms with Crippen LogP contribution in [0, 0.1) is 0 Å². The second-order valence-electron chi connectivity index (χ2n) is 7.45. The summed E-state index contributed by atoms with van der Waals surface area (Å²) in [7, 11) is -3.49. The third-order valence-corrected chi connectivity index (χ3v) is 6.42. The fourth-order valence-electron chi connectivity index (χ4n) is 3.86. The van der Waals surface area contributed by atoms with Crippen molar-refractivity contribution in [3.8, 4) is 16.9 Å². The molecule has 0 unspecified atom stereocenters. The number of amides is 1. The Labute approximate surface area is 186 Å². The van der Waals surface area contributed by atoms with Gasteiger partial charge in [-0.25, -0.2) is 13.2 Å². The summed E-state index contributed by atoms with van der Waals surface area (Å²) in [6.07, 6.45) is 0.347. The van der Waals surface area contributed by atoms with E-state index in [9.17, 15) is 13.2 Å². The molecule has 3 aromatic rings. The highest BCUT2D eigenvalue weighted by Gasteiger charge is 2.29. The lowest BCUT2D eigenvalue weighted by atomic mass is 9.98. The van der Waals surface area contributed by atoms with Gasteiger partial charge in [-0.1, -0.05) is 48.5 Å². The average molecular weight is 454 g/mol. The highest BCUT2D eigenvalue weighted by molar-refractivity contribution is 7.90. The Morgan fingerprint density at radius 2 is 1.62 bits per heavy atom. The summed E-state index contributed by atoms with van der Waals surface area (Å²) in [4.78, 5) is 12.6. The van der Waals surface area contributed by atoms with Gasteiger partial charge in [-0.3, -0.25) is 5.32 Å². The molecular weight excluding hydrogens is 430 g/mol. The molecular formula is C24H23NO6S. The van der Waals surface area contributed by atoms with Crippen molar-refractivity contribution in [1.82, 2.24) is 0 Å². The summed E-state index contributed by atoms with van der Waals surface area (Å²) < 4.78 is 34.7. The number of benzene rings is 3. The first kappa shape index (κ1) is 21.9. The second kappa shape index (κ2) is 9.02. The van der Waals surface area contributed by atoms with Crippen LogP contribution in [0.5, 0.6) is 5.75 Å². The van der Waals surface area contributed by atoms with Crippen LogP contribution in [-0.2, 0) is 14.6 Å². The van der Waals surface area contributed by atoms with E-state index in [1.807, 2.05) is 36.4 Å². The Morgan fingerprint density at radius 3 is 2.22 bits per heavy atom. The minimum atomic E-state index is -3.49. The van der Waals surface area contributed by atoms with Crippen molar-refractivity contribution in [1.29, 1.82) is 0 Å². The zero-order valence-corrected chi connectivity index (χ0v) is 18.3. The van der Waals surface area contributed by atoms with Gasteiger partial charge in [-0.05, 0) is 40.5 Å². The first-order valence-corrected chi connectivity index (χ1v) is 12.0. The van der Waals surface area contributed by atoms with Crippen molar-refractivity contribution < 1.29 is 27.8 Å². The number of nitrogens with one attached hydrogen (secondary N) is 1. The van der Waals surface area contributed by atoms with E-state index in [4.69, 9.17) is 14.6 Å². The highest BCUT2D eigenvalue weighted by atomic mass is 32.2. The third-order valence-electron chi connectivity index (χ3n) is 5.31. The molecule has 0 spiro atoms. The van der Waals surface area contributed by atoms with Crippen LogP contribution in [0.4, 0.5) is 10.5 Å². The van der Waals surface area contributed by atoms with Crippen molar-refractivity contribution >= 4 is 21.6 Å². The van der Waals surface area contributed by atoms with Gasteiger partial charge in [-0.2, -0.15) is 0 Å². The highest BCUT2D eigenvalue weighted by Crippen LogP contribution is 2.44. The maximum Gasteiger partial charge on any atom is 0.411 e. The maximum atomic E-state index is 12.6. The van der Waals surface area contributed by atoms with Gasteiger partial charge in [0.05, 0.1) is 17.2 Å². The Morgan fingerprint density at radius 1 is 1.00 bits per heavy atom. The van der Waals surface area contributed by atoms with E-state index in [2.05, 4.69) is 17.4 Å². The standard InChI is InChI=1S/C24H23NO6S/c1-32(28,29)16-10-11-23(30-13-12-26)22(14-16)25-24(27)31-15-21-19-8-4-2-6-17(19)18-7-3-5-9-20(18)21/h2-11,14,21,26H,12-13,15H2,1H3,(H,25,27). The topological polar surface area (TPSA) is 102 Å². The molecule has 0 aliphatic heterocycles. The van der Waals surface area contributed by atoms with Gasteiger partial charge >= 0.3 is 6.09 Å². The average Bonchev–Trinajstić information content (AvgIpc) is 3.10. The molecule has 0 atom stereocenters. The summed E-state index contributed by atoms with van der Waals surface area (Å²) in [5, 5.41) is 11.6. The van der Waals surface area contributed by atoms with Crippen LogP contribution in [0.15, 0.2) is 71.6 Å². The number of hydrogen-bond donors (Lipinski definition) is 2. The van der Waals surface area contributed by atoms with E-state index in [1.165, 1.54) is 18.2 Å². The molecule has 4 rings (SSSR count). The quantitative estimate of drug-likeness (QED) is 0.564. The predicted molar refractivity (Wildman–Crippen MR) is 121 cm³/mol. The van der Waals surface area contributed by atoms with Crippen molar-refractivity contribution in [3.63, 3.8) is 0 Å². The van der Waals surface area contributed by atoms with Crippen LogP contribution in [0.3, 0.4) is 0 Å². The molecule has 7 nitrogen and oxygen atoms in total. The van der Waals surface area contributed by atoms with Gasteiger partial charge in [0.25, 0.3) is 0 Å². The van der Waals surface area contributed by atoms with Crippen molar-refractivity contribution in [2.45, 2.75) is 10.8 Å². The molecule has 0 aromatic heterocycles. The van der Waals surface area contributed by atoms with E-state index in [0.29, 0.717) is 0 Å². The van der Waals surface area contributed by atoms with Crippen molar-refractivity contribution in [2.24, 2.45) is 0 Å². The van der Waals surface area contributed by atoms with Gasteiger partial charge in [0, 0.05) is 12.2 Å². The lowest BCUT2D eigenvalue weighted by Crippen LogP contribution is -2.19. The van der Waals surface area contributed by atoms with Crippen LogP contribution in [-0.4, -0.2) is 45.7 Å². The molecule has 1 aliphatic rings. The Kier molecular flexibility index (Phi) is 6.16. The predicted octanol–water partition coefficient (Wildman–Crippen LogP) is 3.82. The molecule has 0 saturated heterocycles. The Balaban J connectivity index is 1.52. The number of hydrogen-bond acceptors (Lipinski definition) is 6. The third kappa shape index (κ3) is 4.46. The van der Waals surface area contributed by atoms with Crippen LogP contribution in [0.1, 0.15) is 17.0 Å². The van der Waals surface area contributed by atoms with Crippen molar-refractivity contribution in [2.75, 3.05) is 31.4 Å². The number of fused-ring (bicyclic) bond motifs is 3. The number of carbonyl (C=O) groups is 1. The first-order valence-electron chi connectivity index (χ1n) is 10.1. The Bertz CT molecular complexity index is 1210. The molecule has 0 radical (unpaired) electrons. The molecule has 3 aromatic carbocycles. The molecule has 32 heavy (non-hydrogen) atoms. The number of anilines is 1. The molecule has 1 amide bonds. The minimum absolute atomic E-state index is 0.00239. The summed E-state index contributed by atoms with van der Waals surface area (Å²) in [5.41, 5.74) is 4.58. The van der Waals surface area contributed by atoms with Gasteiger partial charge in [0.1, 0.15) is 19.0 Å². The maximum absolute atomic E-state index is 12.6. The number of rotatable bonds is 7. The van der Waals surface area contributed by atoms with Crippen LogP contribution in [0.2, 0.25) is 0 Å². The zero-order chi connectivity index (χ0) is 22.7. The molecule has 1 aliphatic carbocycles. The van der Waals surface area contributed by atoms with E-state index < -0.39 is 15.9 Å². The van der Waals surface area contributed by atoms with Gasteiger partial charge in [0.2, 0.25) is 0 Å². The van der Waals surface area contributed by atoms with Gasteiger partial charge < -0.3 is 14.6 Å². The monoisotopic (exact) mass is 453 g/mol.